The van der Waals surface area contributed by atoms with E-state index in [9.17, 15) is 18.0 Å². The van der Waals surface area contributed by atoms with Crippen LogP contribution in [0, 0.1) is 12.3 Å². The molecule has 2 aromatic rings. The van der Waals surface area contributed by atoms with Crippen molar-refractivity contribution >= 4 is 5.91 Å². The molecule has 1 amide bonds. The lowest BCUT2D eigenvalue weighted by Gasteiger charge is -2.63. The molecule has 0 unspecified atom stereocenters. The maximum atomic E-state index is 13.3. The van der Waals surface area contributed by atoms with E-state index in [4.69, 9.17) is 4.74 Å². The second-order valence-corrected chi connectivity index (χ2v) is 8.78. The lowest BCUT2D eigenvalue weighted by Crippen LogP contribution is -2.72. The Hall–Kier alpha value is -2.35. The van der Waals surface area contributed by atoms with Crippen LogP contribution >= 0.6 is 0 Å². The number of benzene rings is 1. The summed E-state index contributed by atoms with van der Waals surface area (Å²) >= 11 is 0. The standard InChI is InChI=1S/C22H24F3N3O2/c1-14-11-17(26-28(14)16-6-2-5-15(12-16)22(23,24)25)20(29)27-13-21(8-4-9-21)19(27)18-7-3-10-30-18/h2,5-6,11-12,18-19H,3-4,7-10,13H2,1H3/t18-,19+/m0/s1. The molecular weight excluding hydrogens is 395 g/mol. The number of aryl methyl sites for hydroxylation is 1. The van der Waals surface area contributed by atoms with E-state index in [0.717, 1.165) is 44.4 Å². The molecular formula is C22H24F3N3O2. The van der Waals surface area contributed by atoms with Crippen molar-refractivity contribution in [2.75, 3.05) is 13.2 Å². The van der Waals surface area contributed by atoms with Gasteiger partial charge in [0.15, 0.2) is 5.69 Å². The summed E-state index contributed by atoms with van der Waals surface area (Å²) in [6.07, 6.45) is 1.07. The quantitative estimate of drug-likeness (QED) is 0.742. The molecule has 2 saturated heterocycles. The van der Waals surface area contributed by atoms with Crippen LogP contribution in [0.5, 0.6) is 0 Å². The Labute approximate surface area is 172 Å². The van der Waals surface area contributed by atoms with Gasteiger partial charge in [-0.3, -0.25) is 4.79 Å². The first-order valence-corrected chi connectivity index (χ1v) is 10.5. The average molecular weight is 419 g/mol. The number of alkyl halides is 3. The molecule has 160 valence electrons. The number of hydrogen-bond acceptors (Lipinski definition) is 3. The van der Waals surface area contributed by atoms with Crippen LogP contribution in [0.25, 0.3) is 5.69 Å². The number of carbonyl (C=O) groups is 1. The van der Waals surface area contributed by atoms with Gasteiger partial charge >= 0.3 is 6.18 Å². The summed E-state index contributed by atoms with van der Waals surface area (Å²) in [5.41, 5.74) is 0.614. The highest BCUT2D eigenvalue weighted by Crippen LogP contribution is 2.55. The molecule has 0 N–H and O–H groups in total. The van der Waals surface area contributed by atoms with Crippen molar-refractivity contribution < 1.29 is 22.7 Å². The van der Waals surface area contributed by atoms with Gasteiger partial charge < -0.3 is 9.64 Å². The van der Waals surface area contributed by atoms with Crippen LogP contribution in [0.1, 0.15) is 53.8 Å². The second-order valence-electron chi connectivity index (χ2n) is 8.78. The molecule has 0 bridgehead atoms. The predicted octanol–water partition coefficient (Wildman–Crippen LogP) is 4.37. The minimum absolute atomic E-state index is 0.0784. The van der Waals surface area contributed by atoms with Crippen molar-refractivity contribution in [3.63, 3.8) is 0 Å². The normalized spacial score (nSPS) is 25.3. The zero-order chi connectivity index (χ0) is 21.1. The van der Waals surface area contributed by atoms with E-state index < -0.39 is 11.7 Å². The molecule has 5 nitrogen and oxygen atoms in total. The third kappa shape index (κ3) is 3.04. The molecule has 1 aromatic heterocycles. The Kier molecular flexibility index (Phi) is 4.47. The van der Waals surface area contributed by atoms with Gasteiger partial charge in [-0.15, -0.1) is 0 Å². The molecule has 3 fully saturated rings. The summed E-state index contributed by atoms with van der Waals surface area (Å²) in [5.74, 6) is -0.165. The first-order valence-electron chi connectivity index (χ1n) is 10.5. The number of hydrogen-bond donors (Lipinski definition) is 0. The van der Waals surface area contributed by atoms with Crippen LogP contribution in [0.3, 0.4) is 0 Å². The molecule has 5 rings (SSSR count). The Morgan fingerprint density at radius 1 is 1.23 bits per heavy atom. The molecule has 8 heteroatoms. The SMILES string of the molecule is Cc1cc(C(=O)N2CC3(CCC3)[C@H]2[C@@H]2CCCO2)nn1-c1cccc(C(F)(F)F)c1. The fourth-order valence-corrected chi connectivity index (χ4v) is 5.28. The van der Waals surface area contributed by atoms with Gasteiger partial charge in [0.1, 0.15) is 0 Å². The summed E-state index contributed by atoms with van der Waals surface area (Å²) in [4.78, 5) is 15.1. The zero-order valence-electron chi connectivity index (χ0n) is 16.8. The van der Waals surface area contributed by atoms with Crippen LogP contribution in [-0.4, -0.2) is 45.9 Å². The Balaban J connectivity index is 1.41. The van der Waals surface area contributed by atoms with Crippen LogP contribution in [0.15, 0.2) is 30.3 Å². The Morgan fingerprint density at radius 3 is 2.67 bits per heavy atom. The van der Waals surface area contributed by atoms with Gasteiger partial charge in [0, 0.05) is 24.3 Å². The largest absolute Gasteiger partial charge is 0.416 e. The van der Waals surface area contributed by atoms with Crippen LogP contribution < -0.4 is 0 Å². The number of aromatic nitrogens is 2. The summed E-state index contributed by atoms with van der Waals surface area (Å²) < 4.78 is 46.6. The molecule has 1 spiro atoms. The van der Waals surface area contributed by atoms with E-state index in [1.165, 1.54) is 17.2 Å². The van der Waals surface area contributed by atoms with E-state index in [0.29, 0.717) is 12.2 Å². The summed E-state index contributed by atoms with van der Waals surface area (Å²) in [6.45, 7) is 3.19. The van der Waals surface area contributed by atoms with Crippen molar-refractivity contribution in [1.82, 2.24) is 14.7 Å². The third-order valence-corrected chi connectivity index (χ3v) is 6.90. The highest BCUT2D eigenvalue weighted by atomic mass is 19.4. The lowest BCUT2D eigenvalue weighted by atomic mass is 9.56. The van der Waals surface area contributed by atoms with E-state index in [1.54, 1.807) is 19.1 Å². The van der Waals surface area contributed by atoms with Crippen molar-refractivity contribution in [3.05, 3.63) is 47.3 Å². The molecule has 1 saturated carbocycles. The minimum atomic E-state index is -4.43. The molecule has 2 atom stereocenters. The molecule has 2 aliphatic heterocycles. The number of rotatable bonds is 3. The summed E-state index contributed by atoms with van der Waals surface area (Å²) in [5, 5.41) is 4.38. The smallest absolute Gasteiger partial charge is 0.376 e. The molecule has 3 aliphatic rings. The number of amides is 1. The molecule has 30 heavy (non-hydrogen) atoms. The minimum Gasteiger partial charge on any atom is -0.376 e. The van der Waals surface area contributed by atoms with Gasteiger partial charge in [-0.25, -0.2) is 4.68 Å². The number of carbonyl (C=O) groups excluding carboxylic acids is 1. The third-order valence-electron chi connectivity index (χ3n) is 6.90. The fraction of sp³-hybridized carbons (Fsp3) is 0.545. The maximum Gasteiger partial charge on any atom is 0.416 e. The number of likely N-dealkylation sites (tertiary alicyclic amines) is 1. The van der Waals surface area contributed by atoms with Gasteiger partial charge in [-0.05, 0) is 56.9 Å². The highest BCUT2D eigenvalue weighted by Gasteiger charge is 2.60. The topological polar surface area (TPSA) is 47.4 Å². The van der Waals surface area contributed by atoms with Gasteiger partial charge in [0.2, 0.25) is 0 Å². The number of ether oxygens (including phenoxy) is 1. The van der Waals surface area contributed by atoms with Crippen LogP contribution in [0.4, 0.5) is 13.2 Å². The summed E-state index contributed by atoms with van der Waals surface area (Å²) in [7, 11) is 0. The molecule has 3 heterocycles. The Bertz CT molecular complexity index is 974. The van der Waals surface area contributed by atoms with Gasteiger partial charge in [-0.1, -0.05) is 12.5 Å². The second kappa shape index (κ2) is 6.83. The molecule has 1 aromatic carbocycles. The van der Waals surface area contributed by atoms with Gasteiger partial charge in [0.25, 0.3) is 5.91 Å². The monoisotopic (exact) mass is 419 g/mol. The van der Waals surface area contributed by atoms with Crippen molar-refractivity contribution in [1.29, 1.82) is 0 Å². The van der Waals surface area contributed by atoms with E-state index in [1.807, 2.05) is 4.90 Å². The number of nitrogens with zero attached hydrogens (tertiary/aromatic N) is 3. The first-order chi connectivity index (χ1) is 14.3. The molecule has 0 radical (unpaired) electrons. The predicted molar refractivity (Wildman–Crippen MR) is 103 cm³/mol. The van der Waals surface area contributed by atoms with E-state index in [-0.39, 0.29) is 34.8 Å². The van der Waals surface area contributed by atoms with Crippen LogP contribution in [-0.2, 0) is 10.9 Å². The van der Waals surface area contributed by atoms with Crippen molar-refractivity contribution in [2.24, 2.45) is 5.41 Å². The van der Waals surface area contributed by atoms with Crippen LogP contribution in [0.2, 0.25) is 0 Å². The van der Waals surface area contributed by atoms with Gasteiger partial charge in [0.05, 0.1) is 23.4 Å². The van der Waals surface area contributed by atoms with Gasteiger partial charge in [-0.2, -0.15) is 18.3 Å². The zero-order valence-corrected chi connectivity index (χ0v) is 16.8. The maximum absolute atomic E-state index is 13.3. The van der Waals surface area contributed by atoms with Crippen molar-refractivity contribution in [2.45, 2.75) is 57.3 Å². The van der Waals surface area contributed by atoms with Crippen molar-refractivity contribution in [3.8, 4) is 5.69 Å². The lowest BCUT2D eigenvalue weighted by molar-refractivity contribution is -0.150. The number of halogens is 3. The molecule has 1 aliphatic carbocycles. The van der Waals surface area contributed by atoms with E-state index >= 15 is 0 Å². The first kappa shape index (κ1) is 19.6. The Morgan fingerprint density at radius 2 is 2.03 bits per heavy atom. The fourth-order valence-electron chi connectivity index (χ4n) is 5.28. The average Bonchev–Trinajstić information content (AvgIpc) is 3.29. The highest BCUT2D eigenvalue weighted by molar-refractivity contribution is 5.93. The summed E-state index contributed by atoms with van der Waals surface area (Å²) in [6, 6.07) is 6.73. The van der Waals surface area contributed by atoms with E-state index in [2.05, 4.69) is 5.10 Å².